The summed E-state index contributed by atoms with van der Waals surface area (Å²) in [5.41, 5.74) is 1.58. The topological polar surface area (TPSA) is 57.6 Å². The Bertz CT molecular complexity index is 1120. The van der Waals surface area contributed by atoms with Crippen LogP contribution < -0.4 is 4.90 Å². The molecular weight excluding hydrogens is 409 g/mol. The van der Waals surface area contributed by atoms with E-state index in [0.717, 1.165) is 0 Å². The fourth-order valence-electron chi connectivity index (χ4n) is 3.44. The smallest absolute Gasteiger partial charge is 0.300 e. The minimum atomic E-state index is -0.814. The van der Waals surface area contributed by atoms with Crippen LogP contribution in [0.25, 0.3) is 5.76 Å². The molecule has 144 valence electrons. The molecule has 0 bridgehead atoms. The lowest BCUT2D eigenvalue weighted by atomic mass is 9.95. The molecule has 1 atom stereocenters. The maximum absolute atomic E-state index is 13.0. The quantitative estimate of drug-likeness (QED) is 0.337. The Morgan fingerprint density at radius 2 is 1.52 bits per heavy atom. The van der Waals surface area contributed by atoms with Crippen molar-refractivity contribution in [2.24, 2.45) is 0 Å². The van der Waals surface area contributed by atoms with Gasteiger partial charge in [-0.2, -0.15) is 0 Å². The number of anilines is 1. The fourth-order valence-corrected chi connectivity index (χ4v) is 3.75. The largest absolute Gasteiger partial charge is 0.507 e. The molecule has 1 saturated heterocycles. The number of rotatable bonds is 3. The van der Waals surface area contributed by atoms with Crippen molar-refractivity contribution < 1.29 is 14.7 Å². The highest BCUT2D eigenvalue weighted by molar-refractivity contribution is 6.51. The number of nitrogens with zero attached hydrogens (tertiary/aromatic N) is 1. The molecule has 3 aromatic rings. The zero-order valence-electron chi connectivity index (χ0n) is 15.0. The van der Waals surface area contributed by atoms with Gasteiger partial charge in [-0.1, -0.05) is 71.7 Å². The highest BCUT2D eigenvalue weighted by Crippen LogP contribution is 2.42. The van der Waals surface area contributed by atoms with Gasteiger partial charge in [0.2, 0.25) is 0 Å². The molecule has 29 heavy (non-hydrogen) atoms. The number of aliphatic hydroxyl groups is 1. The average molecular weight is 424 g/mol. The summed E-state index contributed by atoms with van der Waals surface area (Å²) < 4.78 is 0. The molecule has 0 aromatic heterocycles. The number of ketones is 1. The van der Waals surface area contributed by atoms with E-state index < -0.39 is 17.7 Å². The summed E-state index contributed by atoms with van der Waals surface area (Å²) in [5, 5.41) is 11.9. The van der Waals surface area contributed by atoms with Gasteiger partial charge in [0, 0.05) is 21.3 Å². The van der Waals surface area contributed by atoms with E-state index in [4.69, 9.17) is 23.2 Å². The molecule has 0 spiro atoms. The van der Waals surface area contributed by atoms with E-state index in [1.54, 1.807) is 78.9 Å². The van der Waals surface area contributed by atoms with Gasteiger partial charge in [0.05, 0.1) is 11.6 Å². The van der Waals surface area contributed by atoms with Crippen LogP contribution in [-0.4, -0.2) is 16.8 Å². The molecule has 0 unspecified atom stereocenters. The average Bonchev–Trinajstić information content (AvgIpc) is 2.99. The molecule has 0 aliphatic carbocycles. The maximum atomic E-state index is 13.0. The monoisotopic (exact) mass is 423 g/mol. The summed E-state index contributed by atoms with van der Waals surface area (Å²) in [4.78, 5) is 27.3. The Balaban J connectivity index is 1.96. The maximum Gasteiger partial charge on any atom is 0.300 e. The number of amides is 1. The van der Waals surface area contributed by atoms with Crippen LogP contribution in [0.3, 0.4) is 0 Å². The van der Waals surface area contributed by atoms with Crippen LogP contribution in [0.15, 0.2) is 84.4 Å². The molecule has 1 fully saturated rings. The highest BCUT2D eigenvalue weighted by Gasteiger charge is 2.46. The van der Waals surface area contributed by atoms with E-state index in [0.29, 0.717) is 26.9 Å². The van der Waals surface area contributed by atoms with E-state index in [2.05, 4.69) is 0 Å². The minimum absolute atomic E-state index is 0.0171. The van der Waals surface area contributed by atoms with E-state index >= 15 is 0 Å². The van der Waals surface area contributed by atoms with Crippen LogP contribution in [0, 0.1) is 0 Å². The normalized spacial score (nSPS) is 18.3. The second-order valence-electron chi connectivity index (χ2n) is 6.57. The Labute approximate surface area is 177 Å². The summed E-state index contributed by atoms with van der Waals surface area (Å²) >= 11 is 12.1. The fraction of sp³-hybridized carbons (Fsp3) is 0.0435. The third-order valence-corrected chi connectivity index (χ3v) is 5.25. The number of carbonyl (C=O) groups excluding carboxylic acids is 2. The zero-order chi connectivity index (χ0) is 20.5. The van der Waals surface area contributed by atoms with Crippen molar-refractivity contribution in [2.75, 3.05) is 4.90 Å². The molecular formula is C23H15Cl2NO3. The Hall–Kier alpha value is -3.08. The van der Waals surface area contributed by atoms with Crippen molar-refractivity contribution in [1.82, 2.24) is 0 Å². The van der Waals surface area contributed by atoms with Gasteiger partial charge in [-0.3, -0.25) is 14.5 Å². The lowest BCUT2D eigenvalue weighted by molar-refractivity contribution is -0.132. The Morgan fingerprint density at radius 1 is 0.828 bits per heavy atom. The second kappa shape index (κ2) is 7.74. The summed E-state index contributed by atoms with van der Waals surface area (Å²) in [6.45, 7) is 0. The first-order chi connectivity index (χ1) is 14.0. The molecule has 0 saturated carbocycles. The van der Waals surface area contributed by atoms with Crippen LogP contribution in [0.4, 0.5) is 5.69 Å². The summed E-state index contributed by atoms with van der Waals surface area (Å²) in [5.74, 6) is -1.72. The van der Waals surface area contributed by atoms with Crippen LogP contribution in [0.5, 0.6) is 0 Å². The van der Waals surface area contributed by atoms with E-state index in [9.17, 15) is 14.7 Å². The molecule has 1 aliphatic rings. The lowest BCUT2D eigenvalue weighted by Crippen LogP contribution is -2.29. The first kappa shape index (κ1) is 19.2. The van der Waals surface area contributed by atoms with Gasteiger partial charge >= 0.3 is 0 Å². The number of halogens is 2. The molecule has 0 radical (unpaired) electrons. The predicted molar refractivity (Wildman–Crippen MR) is 114 cm³/mol. The number of carbonyl (C=O) groups is 2. The first-order valence-corrected chi connectivity index (χ1v) is 9.60. The molecule has 1 N–H and O–H groups in total. The van der Waals surface area contributed by atoms with Gasteiger partial charge in [-0.25, -0.2) is 0 Å². The third-order valence-electron chi connectivity index (χ3n) is 4.76. The van der Waals surface area contributed by atoms with Crippen LogP contribution in [0.2, 0.25) is 10.0 Å². The third kappa shape index (κ3) is 3.53. The van der Waals surface area contributed by atoms with Gasteiger partial charge in [-0.05, 0) is 35.9 Å². The van der Waals surface area contributed by atoms with Gasteiger partial charge in [0.25, 0.3) is 11.7 Å². The zero-order valence-corrected chi connectivity index (χ0v) is 16.6. The van der Waals surface area contributed by atoms with Gasteiger partial charge in [0.15, 0.2) is 0 Å². The number of Topliss-reactive ketones (excluding diaryl/α,β-unsaturated/α-hetero) is 1. The number of aliphatic hydroxyl groups excluding tert-OH is 1. The van der Waals surface area contributed by atoms with Crippen molar-refractivity contribution in [3.8, 4) is 0 Å². The van der Waals surface area contributed by atoms with E-state index in [1.165, 1.54) is 4.90 Å². The lowest BCUT2D eigenvalue weighted by Gasteiger charge is -2.25. The van der Waals surface area contributed by atoms with Crippen molar-refractivity contribution in [3.05, 3.63) is 106 Å². The first-order valence-electron chi connectivity index (χ1n) is 8.85. The van der Waals surface area contributed by atoms with Crippen LogP contribution >= 0.6 is 23.2 Å². The molecule has 3 aromatic carbocycles. The standard InChI is InChI=1S/C23H15Cl2NO3/c24-16-11-9-14(10-12-16)20-19(21(27)15-5-2-1-3-6-15)22(28)23(29)26(20)18-8-4-7-17(25)13-18/h1-13,20,27H/t20-/m0/s1. The van der Waals surface area contributed by atoms with Gasteiger partial charge < -0.3 is 5.11 Å². The van der Waals surface area contributed by atoms with Crippen molar-refractivity contribution in [1.29, 1.82) is 0 Å². The van der Waals surface area contributed by atoms with Gasteiger partial charge in [-0.15, -0.1) is 0 Å². The predicted octanol–water partition coefficient (Wildman–Crippen LogP) is 5.62. The Morgan fingerprint density at radius 3 is 2.17 bits per heavy atom. The van der Waals surface area contributed by atoms with E-state index in [1.807, 2.05) is 0 Å². The SMILES string of the molecule is O=C1C(=O)N(c2cccc(Cl)c2)[C@@H](c2ccc(Cl)cc2)C1=C(O)c1ccccc1. The minimum Gasteiger partial charge on any atom is -0.507 e. The summed E-state index contributed by atoms with van der Waals surface area (Å²) in [6, 6.07) is 21.4. The number of benzene rings is 3. The second-order valence-corrected chi connectivity index (χ2v) is 7.44. The number of hydrogen-bond acceptors (Lipinski definition) is 3. The highest BCUT2D eigenvalue weighted by atomic mass is 35.5. The van der Waals surface area contributed by atoms with Crippen LogP contribution in [-0.2, 0) is 9.59 Å². The summed E-state index contributed by atoms with van der Waals surface area (Å²) in [6.07, 6.45) is 0. The molecule has 1 aliphatic heterocycles. The van der Waals surface area contributed by atoms with Crippen LogP contribution in [0.1, 0.15) is 17.2 Å². The molecule has 4 nitrogen and oxygen atoms in total. The molecule has 6 heteroatoms. The van der Waals surface area contributed by atoms with Gasteiger partial charge in [0.1, 0.15) is 5.76 Å². The number of hydrogen-bond donors (Lipinski definition) is 1. The summed E-state index contributed by atoms with van der Waals surface area (Å²) in [7, 11) is 0. The van der Waals surface area contributed by atoms with Crippen molar-refractivity contribution in [2.45, 2.75) is 6.04 Å². The molecule has 4 rings (SSSR count). The molecule has 1 heterocycles. The molecule has 1 amide bonds. The Kier molecular flexibility index (Phi) is 5.14. The van der Waals surface area contributed by atoms with Crippen molar-refractivity contribution >= 4 is 46.3 Å². The van der Waals surface area contributed by atoms with E-state index in [-0.39, 0.29) is 11.3 Å². The van der Waals surface area contributed by atoms with Crippen molar-refractivity contribution in [3.63, 3.8) is 0 Å².